The van der Waals surface area contributed by atoms with Gasteiger partial charge in [-0.15, -0.1) is 0 Å². The summed E-state index contributed by atoms with van der Waals surface area (Å²) in [6.45, 7) is 3.35. The first-order valence-electron chi connectivity index (χ1n) is 13.3. The number of hydrogen-bond donors (Lipinski definition) is 1. The Morgan fingerprint density at radius 2 is 1.81 bits per heavy atom. The predicted molar refractivity (Wildman–Crippen MR) is 165 cm³/mol. The van der Waals surface area contributed by atoms with Gasteiger partial charge < -0.3 is 19.9 Å². The molecule has 1 fully saturated rings. The Balaban J connectivity index is 0.00000353. The summed E-state index contributed by atoms with van der Waals surface area (Å²) in [5.41, 5.74) is 4.82. The number of methoxy groups -OCH3 is 1. The predicted octanol–water partition coefficient (Wildman–Crippen LogP) is 6.06. The van der Waals surface area contributed by atoms with Gasteiger partial charge in [0.15, 0.2) is 0 Å². The van der Waals surface area contributed by atoms with Crippen LogP contribution in [-0.4, -0.2) is 71.7 Å². The van der Waals surface area contributed by atoms with Gasteiger partial charge in [-0.25, -0.2) is 14.4 Å². The van der Waals surface area contributed by atoms with Crippen molar-refractivity contribution in [3.05, 3.63) is 100.0 Å². The number of ether oxygens (including phenoxy) is 1. The highest BCUT2D eigenvalue weighted by Gasteiger charge is 2.26. The van der Waals surface area contributed by atoms with Crippen LogP contribution in [-0.2, 0) is 6.54 Å². The van der Waals surface area contributed by atoms with Gasteiger partial charge in [0.2, 0.25) is 5.95 Å². The van der Waals surface area contributed by atoms with Crippen LogP contribution in [0.2, 0.25) is 5.02 Å². The molecule has 0 atom stereocenters. The molecule has 4 aromatic rings. The number of carbonyl (C=O) groups is 1. The number of likely N-dealkylation sites (N-methyl/N-ethyl adjacent to an activating group) is 1. The van der Waals surface area contributed by atoms with E-state index in [0.29, 0.717) is 58.0 Å². The molecule has 3 heterocycles. The first kappa shape index (κ1) is 29.2. The number of aromatic nitrogens is 2. The second-order valence-corrected chi connectivity index (χ2v) is 10.5. The van der Waals surface area contributed by atoms with E-state index in [9.17, 15) is 4.79 Å². The molecule has 42 heavy (non-hydrogen) atoms. The summed E-state index contributed by atoms with van der Waals surface area (Å²) in [4.78, 5) is 31.3. The van der Waals surface area contributed by atoms with Crippen LogP contribution in [0.4, 0.5) is 16.0 Å². The zero-order valence-electron chi connectivity index (χ0n) is 22.7. The van der Waals surface area contributed by atoms with Crippen LogP contribution in [0.3, 0.4) is 0 Å². The fraction of sp³-hybridized carbons (Fsp3) is 0.250. The monoisotopic (exact) mass is 586 g/mol. The number of carbonyl (C=O) groups excluding carboxylic acids is 1. The van der Waals surface area contributed by atoms with Gasteiger partial charge in [-0.1, -0.05) is 37.2 Å². The van der Waals surface area contributed by atoms with Crippen LogP contribution in [0.25, 0.3) is 11.3 Å². The van der Waals surface area contributed by atoms with Crippen molar-refractivity contribution in [2.75, 3.05) is 45.7 Å². The lowest BCUT2D eigenvalue weighted by molar-refractivity contribution is 0.0664. The van der Waals surface area contributed by atoms with Crippen LogP contribution in [0.1, 0.15) is 34.5 Å². The molecule has 1 aromatic heterocycles. The second-order valence-electron chi connectivity index (χ2n) is 10.0. The summed E-state index contributed by atoms with van der Waals surface area (Å²) in [5, 5.41) is 3.74. The number of fused-ring (bicyclic) bond motifs is 3. The van der Waals surface area contributed by atoms with Crippen LogP contribution in [0.15, 0.2) is 71.9 Å². The van der Waals surface area contributed by atoms with Gasteiger partial charge in [-0.05, 0) is 49.5 Å². The van der Waals surface area contributed by atoms with E-state index in [1.54, 1.807) is 30.5 Å². The van der Waals surface area contributed by atoms with E-state index in [-0.39, 0.29) is 25.4 Å². The molecule has 1 N–H and O–H groups in total. The first-order chi connectivity index (χ1) is 19.9. The Labute approximate surface area is 249 Å². The Morgan fingerprint density at radius 3 is 2.60 bits per heavy atom. The highest BCUT2D eigenvalue weighted by Crippen LogP contribution is 2.36. The highest BCUT2D eigenvalue weighted by atomic mass is 35.5. The summed E-state index contributed by atoms with van der Waals surface area (Å²) in [7, 11) is 3.56. The zero-order chi connectivity index (χ0) is 28.5. The third kappa shape index (κ3) is 5.70. The molecule has 3 aromatic carbocycles. The van der Waals surface area contributed by atoms with Crippen molar-refractivity contribution >= 4 is 34.9 Å². The Kier molecular flexibility index (Phi) is 8.51. The largest absolute Gasteiger partial charge is 0.496 e. The van der Waals surface area contributed by atoms with Gasteiger partial charge >= 0.3 is 0 Å². The maximum absolute atomic E-state index is 15.1. The van der Waals surface area contributed by atoms with E-state index < -0.39 is 5.82 Å². The summed E-state index contributed by atoms with van der Waals surface area (Å²) in [5.74, 6) is 0.295. The van der Waals surface area contributed by atoms with Gasteiger partial charge in [0, 0.05) is 65.3 Å². The molecule has 0 spiro atoms. The maximum atomic E-state index is 15.1. The van der Waals surface area contributed by atoms with Crippen LogP contribution in [0, 0.1) is 5.82 Å². The van der Waals surface area contributed by atoms with Gasteiger partial charge in [-0.3, -0.25) is 9.79 Å². The molecule has 6 rings (SSSR count). The van der Waals surface area contributed by atoms with E-state index in [0.717, 1.165) is 24.2 Å². The third-order valence-electron chi connectivity index (χ3n) is 7.35. The molecule has 2 aliphatic rings. The van der Waals surface area contributed by atoms with Crippen LogP contribution >= 0.6 is 11.6 Å². The number of anilines is 2. The quantitative estimate of drug-likeness (QED) is 0.306. The molecule has 1 amide bonds. The average Bonchev–Trinajstić information content (AvgIpc) is 3.13. The molecule has 0 bridgehead atoms. The number of rotatable bonds is 5. The van der Waals surface area contributed by atoms with Gasteiger partial charge in [0.05, 0.1) is 30.6 Å². The number of hydrogen-bond acceptors (Lipinski definition) is 7. The van der Waals surface area contributed by atoms with Crippen LogP contribution < -0.4 is 10.1 Å². The number of amides is 1. The summed E-state index contributed by atoms with van der Waals surface area (Å²) >= 11 is 6.41. The molecule has 8 nitrogen and oxygen atoms in total. The Morgan fingerprint density at radius 1 is 1.02 bits per heavy atom. The zero-order valence-corrected chi connectivity index (χ0v) is 23.5. The minimum absolute atomic E-state index is 0. The van der Waals surface area contributed by atoms with Crippen molar-refractivity contribution in [1.82, 2.24) is 19.8 Å². The van der Waals surface area contributed by atoms with E-state index in [1.165, 1.54) is 13.2 Å². The standard InChI is InChI=1S/C31H28ClFN6O2.CH4/c1-38-11-13-39(14-12-38)30(40)19-5-3-6-22(15-19)36-31-35-18-20-17-34-29(27-25(33)7-4-8-26(27)41-2)24-16-21(32)9-10-23(24)28(20)37-31;/h3-10,15-16,18H,11-14,17H2,1-2H3,(H,35,36,37);1H4. The summed E-state index contributed by atoms with van der Waals surface area (Å²) < 4.78 is 20.6. The van der Waals surface area contributed by atoms with Gasteiger partial charge in [0.25, 0.3) is 5.91 Å². The smallest absolute Gasteiger partial charge is 0.254 e. The number of nitrogens with zero attached hydrogens (tertiary/aromatic N) is 5. The van der Waals surface area contributed by atoms with Crippen molar-refractivity contribution in [1.29, 1.82) is 0 Å². The van der Waals surface area contributed by atoms with Crippen molar-refractivity contribution in [2.24, 2.45) is 4.99 Å². The van der Waals surface area contributed by atoms with Crippen molar-refractivity contribution in [3.63, 3.8) is 0 Å². The first-order valence-corrected chi connectivity index (χ1v) is 13.7. The number of aliphatic imine (C=N–C) groups is 1. The molecule has 0 radical (unpaired) electrons. The molecule has 0 aliphatic carbocycles. The van der Waals surface area contributed by atoms with Gasteiger partial charge in [0.1, 0.15) is 11.6 Å². The minimum atomic E-state index is -0.445. The van der Waals surface area contributed by atoms with Crippen molar-refractivity contribution in [2.45, 2.75) is 14.0 Å². The molecule has 0 unspecified atom stereocenters. The lowest BCUT2D eigenvalue weighted by Crippen LogP contribution is -2.47. The molecular weight excluding hydrogens is 555 g/mol. The summed E-state index contributed by atoms with van der Waals surface area (Å²) in [6, 6.07) is 17.4. The number of nitrogens with one attached hydrogen (secondary N) is 1. The topological polar surface area (TPSA) is 83.0 Å². The van der Waals surface area contributed by atoms with E-state index in [1.807, 2.05) is 35.2 Å². The lowest BCUT2D eigenvalue weighted by Gasteiger charge is -2.32. The molecule has 1 saturated heterocycles. The number of benzene rings is 3. The normalized spacial score (nSPS) is 14.6. The average molecular weight is 587 g/mol. The van der Waals surface area contributed by atoms with Crippen LogP contribution in [0.5, 0.6) is 5.75 Å². The minimum Gasteiger partial charge on any atom is -0.496 e. The maximum Gasteiger partial charge on any atom is 0.254 e. The van der Waals surface area contributed by atoms with E-state index in [2.05, 4.69) is 22.2 Å². The molecule has 216 valence electrons. The highest BCUT2D eigenvalue weighted by molar-refractivity contribution is 6.31. The van der Waals surface area contributed by atoms with E-state index >= 15 is 4.39 Å². The number of halogens is 2. The second kappa shape index (κ2) is 12.3. The molecule has 0 saturated carbocycles. The van der Waals surface area contributed by atoms with Crippen molar-refractivity contribution < 1.29 is 13.9 Å². The molecule has 10 heteroatoms. The van der Waals surface area contributed by atoms with E-state index in [4.69, 9.17) is 26.3 Å². The number of piperazine rings is 1. The van der Waals surface area contributed by atoms with Gasteiger partial charge in [-0.2, -0.15) is 0 Å². The SMILES string of the molecule is C.COc1cccc(F)c1C1=NCc2cnc(Nc3cccc(C(=O)N4CCN(C)CC4)c3)nc2-c2ccc(Cl)cc21. The lowest BCUT2D eigenvalue weighted by atomic mass is 9.94. The Bertz CT molecular complexity index is 1670. The van der Waals surface area contributed by atoms with Crippen molar-refractivity contribution in [3.8, 4) is 17.0 Å². The summed E-state index contributed by atoms with van der Waals surface area (Å²) in [6.07, 6.45) is 1.72. The fourth-order valence-corrected chi connectivity index (χ4v) is 5.33. The molecular formula is C32H32ClFN6O2. The molecule has 2 aliphatic heterocycles. The third-order valence-corrected chi connectivity index (χ3v) is 7.59. The Hall–Kier alpha value is -4.34. The fourth-order valence-electron chi connectivity index (χ4n) is 5.15.